The molecule has 0 radical (unpaired) electrons. The Balaban J connectivity index is 1.61. The van der Waals surface area contributed by atoms with Crippen molar-refractivity contribution < 1.29 is 8.42 Å². The van der Waals surface area contributed by atoms with Gasteiger partial charge in [-0.05, 0) is 51.2 Å². The minimum Gasteiger partial charge on any atom is -0.356 e. The van der Waals surface area contributed by atoms with Crippen molar-refractivity contribution in [2.75, 3.05) is 44.7 Å². The number of hydrogen-bond acceptors (Lipinski definition) is 4. The van der Waals surface area contributed by atoms with Gasteiger partial charge in [-0.2, -0.15) is 0 Å². The van der Waals surface area contributed by atoms with Crippen LogP contribution >= 0.6 is 0 Å². The molecular weight excluding hydrogens is 300 g/mol. The lowest BCUT2D eigenvalue weighted by atomic mass is 9.99. The lowest BCUT2D eigenvalue weighted by molar-refractivity contribution is 0.191. The van der Waals surface area contributed by atoms with Gasteiger partial charge in [0, 0.05) is 19.6 Å². The summed E-state index contributed by atoms with van der Waals surface area (Å²) in [5.74, 6) is 2.10. The maximum absolute atomic E-state index is 11.5. The molecular formula is C15H30N4O2S. The van der Waals surface area contributed by atoms with Crippen molar-refractivity contribution >= 4 is 15.8 Å². The number of rotatable bonds is 5. The summed E-state index contributed by atoms with van der Waals surface area (Å²) in [7, 11) is -1.12. The van der Waals surface area contributed by atoms with Gasteiger partial charge in [0.1, 0.15) is 0 Å². The van der Waals surface area contributed by atoms with Crippen molar-refractivity contribution in [3.05, 3.63) is 0 Å². The van der Waals surface area contributed by atoms with Gasteiger partial charge in [-0.15, -0.1) is 0 Å². The fraction of sp³-hybridized carbons (Fsp3) is 0.933. The summed E-state index contributed by atoms with van der Waals surface area (Å²) in [5.41, 5.74) is 0. The quantitative estimate of drug-likeness (QED) is 0.435. The molecule has 2 N–H and O–H groups in total. The summed E-state index contributed by atoms with van der Waals surface area (Å²) in [4.78, 5) is 6.71. The molecule has 128 valence electrons. The maximum Gasteiger partial charge on any atom is 0.191 e. The van der Waals surface area contributed by atoms with Crippen LogP contribution in [0.15, 0.2) is 4.99 Å². The average molecular weight is 330 g/mol. The van der Waals surface area contributed by atoms with Crippen molar-refractivity contribution in [2.24, 2.45) is 10.9 Å². The monoisotopic (exact) mass is 330 g/mol. The maximum atomic E-state index is 11.5. The molecule has 1 atom stereocenters. The van der Waals surface area contributed by atoms with Crippen molar-refractivity contribution in [1.82, 2.24) is 15.5 Å². The Labute approximate surface area is 134 Å². The third kappa shape index (κ3) is 5.76. The molecule has 0 aromatic heterocycles. The van der Waals surface area contributed by atoms with Gasteiger partial charge in [-0.1, -0.05) is 6.92 Å². The zero-order chi connectivity index (χ0) is 16.0. The first-order valence-electron chi connectivity index (χ1n) is 8.38. The van der Waals surface area contributed by atoms with E-state index in [-0.39, 0.29) is 17.5 Å². The van der Waals surface area contributed by atoms with E-state index in [1.54, 1.807) is 7.05 Å². The van der Waals surface area contributed by atoms with Gasteiger partial charge < -0.3 is 15.5 Å². The third-order valence-electron chi connectivity index (χ3n) is 4.62. The van der Waals surface area contributed by atoms with Crippen molar-refractivity contribution in [3.63, 3.8) is 0 Å². The SMILES string of the molecule is CN=C(NCCCN1CCC(C)CC1)NC1CCS(=O)(=O)C1. The highest BCUT2D eigenvalue weighted by molar-refractivity contribution is 7.91. The van der Waals surface area contributed by atoms with Gasteiger partial charge >= 0.3 is 0 Å². The first kappa shape index (κ1) is 17.5. The summed E-state index contributed by atoms with van der Waals surface area (Å²) in [6.45, 7) is 6.75. The Morgan fingerprint density at radius 3 is 2.59 bits per heavy atom. The second-order valence-electron chi connectivity index (χ2n) is 6.62. The van der Waals surface area contributed by atoms with Crippen LogP contribution in [0.2, 0.25) is 0 Å². The summed E-state index contributed by atoms with van der Waals surface area (Å²) in [6.07, 6.45) is 4.38. The number of likely N-dealkylation sites (tertiary alicyclic amines) is 1. The van der Waals surface area contributed by atoms with Gasteiger partial charge in [-0.25, -0.2) is 8.42 Å². The second-order valence-corrected chi connectivity index (χ2v) is 8.85. The number of aliphatic imine (C=N–C) groups is 1. The van der Waals surface area contributed by atoms with E-state index in [0.29, 0.717) is 6.42 Å². The van der Waals surface area contributed by atoms with Crippen LogP contribution in [0.3, 0.4) is 0 Å². The van der Waals surface area contributed by atoms with Gasteiger partial charge in [-0.3, -0.25) is 4.99 Å². The minimum absolute atomic E-state index is 0.000202. The zero-order valence-corrected chi connectivity index (χ0v) is 14.7. The van der Waals surface area contributed by atoms with Crippen LogP contribution in [0.1, 0.15) is 32.6 Å². The normalized spacial score (nSPS) is 27.0. The fourth-order valence-corrected chi connectivity index (χ4v) is 4.77. The number of guanidine groups is 1. The van der Waals surface area contributed by atoms with E-state index in [1.807, 2.05) is 0 Å². The van der Waals surface area contributed by atoms with Gasteiger partial charge in [0.15, 0.2) is 15.8 Å². The van der Waals surface area contributed by atoms with E-state index in [9.17, 15) is 8.42 Å². The zero-order valence-electron chi connectivity index (χ0n) is 13.8. The molecule has 0 bridgehead atoms. The Bertz CT molecular complexity index is 470. The van der Waals surface area contributed by atoms with Crippen molar-refractivity contribution in [2.45, 2.75) is 38.6 Å². The Kier molecular flexibility index (Phi) is 6.50. The van der Waals surface area contributed by atoms with Crippen LogP contribution < -0.4 is 10.6 Å². The highest BCUT2D eigenvalue weighted by Crippen LogP contribution is 2.15. The van der Waals surface area contributed by atoms with Crippen LogP contribution in [0.25, 0.3) is 0 Å². The predicted molar refractivity (Wildman–Crippen MR) is 91.0 cm³/mol. The number of sulfone groups is 1. The van der Waals surface area contributed by atoms with E-state index in [2.05, 4.69) is 27.4 Å². The molecule has 7 heteroatoms. The van der Waals surface area contributed by atoms with Crippen LogP contribution in [-0.4, -0.2) is 70.1 Å². The number of nitrogens with zero attached hydrogens (tertiary/aromatic N) is 2. The molecule has 6 nitrogen and oxygen atoms in total. The number of hydrogen-bond donors (Lipinski definition) is 2. The molecule has 2 aliphatic rings. The number of piperidine rings is 1. The van der Waals surface area contributed by atoms with Crippen LogP contribution in [0, 0.1) is 5.92 Å². The molecule has 2 saturated heterocycles. The largest absolute Gasteiger partial charge is 0.356 e. The van der Waals surface area contributed by atoms with Crippen LogP contribution in [0.5, 0.6) is 0 Å². The standard InChI is InChI=1S/C15H30N4O2S/c1-13-4-9-19(10-5-13)8-3-7-17-15(16-2)18-14-6-11-22(20,21)12-14/h13-14H,3-12H2,1-2H3,(H2,16,17,18). The summed E-state index contributed by atoms with van der Waals surface area (Å²) < 4.78 is 22.9. The van der Waals surface area contributed by atoms with Gasteiger partial charge in [0.2, 0.25) is 0 Å². The molecule has 2 rings (SSSR count). The highest BCUT2D eigenvalue weighted by atomic mass is 32.2. The fourth-order valence-electron chi connectivity index (χ4n) is 3.09. The molecule has 0 aromatic rings. The number of nitrogens with one attached hydrogen (secondary N) is 2. The topological polar surface area (TPSA) is 73.8 Å². The average Bonchev–Trinajstić information content (AvgIpc) is 2.83. The van der Waals surface area contributed by atoms with Crippen molar-refractivity contribution in [1.29, 1.82) is 0 Å². The van der Waals surface area contributed by atoms with Gasteiger partial charge in [0.25, 0.3) is 0 Å². The Morgan fingerprint density at radius 2 is 2.00 bits per heavy atom. The Hall–Kier alpha value is -0.820. The molecule has 0 aliphatic carbocycles. The predicted octanol–water partition coefficient (Wildman–Crippen LogP) is 0.461. The van der Waals surface area contributed by atoms with E-state index < -0.39 is 9.84 Å². The molecule has 0 saturated carbocycles. The molecule has 1 unspecified atom stereocenters. The summed E-state index contributed by atoms with van der Waals surface area (Å²) >= 11 is 0. The highest BCUT2D eigenvalue weighted by Gasteiger charge is 2.28. The molecule has 0 spiro atoms. The van der Waals surface area contributed by atoms with E-state index in [4.69, 9.17) is 0 Å². The molecule has 0 aromatic carbocycles. The summed E-state index contributed by atoms with van der Waals surface area (Å²) in [5, 5.41) is 6.50. The van der Waals surface area contributed by atoms with Crippen molar-refractivity contribution in [3.8, 4) is 0 Å². The first-order chi connectivity index (χ1) is 10.5. The smallest absolute Gasteiger partial charge is 0.191 e. The Morgan fingerprint density at radius 1 is 1.27 bits per heavy atom. The van der Waals surface area contributed by atoms with Crippen LogP contribution in [-0.2, 0) is 9.84 Å². The molecule has 2 heterocycles. The van der Waals surface area contributed by atoms with Crippen LogP contribution in [0.4, 0.5) is 0 Å². The van der Waals surface area contributed by atoms with E-state index in [0.717, 1.165) is 31.4 Å². The van der Waals surface area contributed by atoms with Gasteiger partial charge in [0.05, 0.1) is 11.5 Å². The van der Waals surface area contributed by atoms with E-state index in [1.165, 1.54) is 25.9 Å². The first-order valence-corrected chi connectivity index (χ1v) is 10.2. The second kappa shape index (κ2) is 8.15. The summed E-state index contributed by atoms with van der Waals surface area (Å²) in [6, 6.07) is -0.000202. The minimum atomic E-state index is -2.85. The molecule has 22 heavy (non-hydrogen) atoms. The third-order valence-corrected chi connectivity index (χ3v) is 6.38. The molecule has 0 amide bonds. The lowest BCUT2D eigenvalue weighted by Crippen LogP contribution is -2.44. The lowest BCUT2D eigenvalue weighted by Gasteiger charge is -2.30. The van der Waals surface area contributed by atoms with E-state index >= 15 is 0 Å². The molecule has 2 fully saturated rings. The molecule has 2 aliphatic heterocycles.